The number of nitrogens with one attached hydrogen (secondary N) is 1. The second kappa shape index (κ2) is 6.39. The van der Waals surface area contributed by atoms with Gasteiger partial charge in [-0.3, -0.25) is 9.48 Å². The lowest BCUT2D eigenvalue weighted by Gasteiger charge is -2.22. The van der Waals surface area contributed by atoms with E-state index in [1.807, 2.05) is 16.1 Å². The van der Waals surface area contributed by atoms with Crippen LogP contribution in [-0.4, -0.2) is 20.7 Å². The van der Waals surface area contributed by atoms with Crippen LogP contribution in [0, 0.1) is 5.92 Å². The van der Waals surface area contributed by atoms with Crippen LogP contribution in [0.3, 0.4) is 0 Å². The highest BCUT2D eigenvalue weighted by atomic mass is 32.1. The van der Waals surface area contributed by atoms with Gasteiger partial charge in [0.15, 0.2) is 0 Å². The Balaban J connectivity index is 1.52. The average molecular weight is 304 g/mol. The monoisotopic (exact) mass is 304 g/mol. The van der Waals surface area contributed by atoms with Gasteiger partial charge in [-0.1, -0.05) is 6.92 Å². The summed E-state index contributed by atoms with van der Waals surface area (Å²) in [6.07, 6.45) is 5.57. The number of carbonyl (C=O) groups is 1. The molecule has 5 nitrogen and oxygen atoms in total. The van der Waals surface area contributed by atoms with Crippen molar-refractivity contribution in [2.24, 2.45) is 5.92 Å². The zero-order valence-corrected chi connectivity index (χ0v) is 13.0. The highest BCUT2D eigenvalue weighted by Crippen LogP contribution is 2.20. The number of nitrogens with zero attached hydrogens (tertiary/aromatic N) is 3. The zero-order chi connectivity index (χ0) is 14.7. The third-order valence-corrected chi connectivity index (χ3v) is 4.78. The molecule has 3 rings (SSSR count). The second-order valence-corrected chi connectivity index (χ2v) is 6.38. The van der Waals surface area contributed by atoms with E-state index in [2.05, 4.69) is 22.3 Å². The maximum absolute atomic E-state index is 12.3. The van der Waals surface area contributed by atoms with E-state index in [0.29, 0.717) is 6.54 Å². The van der Waals surface area contributed by atoms with Crippen molar-refractivity contribution < 1.29 is 4.79 Å². The second-order valence-electron chi connectivity index (χ2n) is 5.44. The first kappa shape index (κ1) is 14.3. The van der Waals surface area contributed by atoms with E-state index in [0.717, 1.165) is 48.6 Å². The van der Waals surface area contributed by atoms with Crippen molar-refractivity contribution in [2.75, 3.05) is 0 Å². The quantitative estimate of drug-likeness (QED) is 0.921. The van der Waals surface area contributed by atoms with E-state index >= 15 is 0 Å². The van der Waals surface area contributed by atoms with E-state index < -0.39 is 0 Å². The minimum absolute atomic E-state index is 0.0583. The molecule has 2 aromatic heterocycles. The highest BCUT2D eigenvalue weighted by molar-refractivity contribution is 7.09. The first-order valence-corrected chi connectivity index (χ1v) is 8.36. The number of thiazole rings is 1. The van der Waals surface area contributed by atoms with Gasteiger partial charge in [-0.15, -0.1) is 11.3 Å². The molecule has 1 unspecified atom stereocenters. The van der Waals surface area contributed by atoms with Crippen molar-refractivity contribution in [1.29, 1.82) is 0 Å². The molecule has 1 atom stereocenters. The fraction of sp³-hybridized carbons (Fsp3) is 0.533. The molecule has 21 heavy (non-hydrogen) atoms. The molecule has 6 heteroatoms. The molecule has 1 amide bonds. The lowest BCUT2D eigenvalue weighted by atomic mass is 9.95. The van der Waals surface area contributed by atoms with Crippen LogP contribution in [0.15, 0.2) is 17.6 Å². The first-order valence-electron chi connectivity index (χ1n) is 7.48. The Morgan fingerprint density at radius 1 is 1.57 bits per heavy atom. The van der Waals surface area contributed by atoms with Crippen LogP contribution in [0.1, 0.15) is 36.2 Å². The number of hydrogen-bond donors (Lipinski definition) is 1. The minimum atomic E-state index is 0.0583. The molecular formula is C15H20N4OS. The maximum atomic E-state index is 12.3. The van der Waals surface area contributed by atoms with Crippen molar-refractivity contribution in [3.63, 3.8) is 0 Å². The number of carbonyl (C=O) groups excluding carboxylic acids is 1. The summed E-state index contributed by atoms with van der Waals surface area (Å²) in [4.78, 5) is 16.8. The lowest BCUT2D eigenvalue weighted by molar-refractivity contribution is -0.125. The third kappa shape index (κ3) is 3.32. The Hall–Kier alpha value is -1.69. The zero-order valence-electron chi connectivity index (χ0n) is 12.2. The van der Waals surface area contributed by atoms with Crippen LogP contribution in [0.4, 0.5) is 0 Å². The van der Waals surface area contributed by atoms with Crippen molar-refractivity contribution in [1.82, 2.24) is 20.1 Å². The van der Waals surface area contributed by atoms with Gasteiger partial charge in [-0.05, 0) is 25.3 Å². The molecule has 1 aliphatic rings. The minimum Gasteiger partial charge on any atom is -0.350 e. The topological polar surface area (TPSA) is 59.8 Å². The number of fused-ring (bicyclic) bond motifs is 1. The number of hydrogen-bond acceptors (Lipinski definition) is 4. The summed E-state index contributed by atoms with van der Waals surface area (Å²) in [6.45, 7) is 3.52. The van der Waals surface area contributed by atoms with Gasteiger partial charge < -0.3 is 5.32 Å². The molecule has 0 saturated carbocycles. The van der Waals surface area contributed by atoms with Gasteiger partial charge in [0, 0.05) is 36.2 Å². The number of amides is 1. The van der Waals surface area contributed by atoms with Crippen LogP contribution in [0.5, 0.6) is 0 Å². The van der Waals surface area contributed by atoms with Crippen LogP contribution < -0.4 is 5.32 Å². The molecular weight excluding hydrogens is 284 g/mol. The summed E-state index contributed by atoms with van der Waals surface area (Å²) < 4.78 is 1.99. The number of rotatable bonds is 5. The van der Waals surface area contributed by atoms with Gasteiger partial charge in [0.25, 0.3) is 0 Å². The molecule has 0 aliphatic carbocycles. The van der Waals surface area contributed by atoms with Crippen LogP contribution in [0.25, 0.3) is 0 Å². The fourth-order valence-corrected chi connectivity index (χ4v) is 3.57. The maximum Gasteiger partial charge on any atom is 0.223 e. The van der Waals surface area contributed by atoms with Crippen LogP contribution in [0.2, 0.25) is 0 Å². The lowest BCUT2D eigenvalue weighted by Crippen LogP contribution is -2.35. The molecule has 1 N–H and O–H groups in total. The molecule has 0 bridgehead atoms. The largest absolute Gasteiger partial charge is 0.350 e. The van der Waals surface area contributed by atoms with E-state index in [9.17, 15) is 4.79 Å². The van der Waals surface area contributed by atoms with Gasteiger partial charge in [-0.2, -0.15) is 5.10 Å². The Bertz CT molecular complexity index is 619. The van der Waals surface area contributed by atoms with Crippen molar-refractivity contribution in [3.8, 4) is 0 Å². The van der Waals surface area contributed by atoms with Crippen molar-refractivity contribution in [3.05, 3.63) is 34.0 Å². The molecule has 1 aliphatic heterocycles. The van der Waals surface area contributed by atoms with Gasteiger partial charge in [0.05, 0.1) is 17.2 Å². The Kier molecular flexibility index (Phi) is 4.34. The van der Waals surface area contributed by atoms with Crippen molar-refractivity contribution in [2.45, 2.75) is 45.7 Å². The van der Waals surface area contributed by atoms with E-state index in [4.69, 9.17) is 0 Å². The Morgan fingerprint density at radius 3 is 3.33 bits per heavy atom. The molecule has 0 aromatic carbocycles. The molecule has 0 spiro atoms. The smallest absolute Gasteiger partial charge is 0.223 e. The Morgan fingerprint density at radius 2 is 2.48 bits per heavy atom. The van der Waals surface area contributed by atoms with Crippen molar-refractivity contribution >= 4 is 17.2 Å². The predicted molar refractivity (Wildman–Crippen MR) is 82.0 cm³/mol. The predicted octanol–water partition coefficient (Wildman–Crippen LogP) is 2.17. The third-order valence-electron chi connectivity index (χ3n) is 3.83. The summed E-state index contributed by atoms with van der Waals surface area (Å²) >= 11 is 1.68. The summed E-state index contributed by atoms with van der Waals surface area (Å²) in [7, 11) is 0. The molecule has 112 valence electrons. The first-order chi connectivity index (χ1) is 10.3. The highest BCUT2D eigenvalue weighted by Gasteiger charge is 2.24. The summed E-state index contributed by atoms with van der Waals surface area (Å²) in [5, 5.41) is 10.5. The summed E-state index contributed by atoms with van der Waals surface area (Å²) in [6, 6.07) is 2.00. The number of aromatic nitrogens is 3. The Labute approximate surface area is 128 Å². The summed E-state index contributed by atoms with van der Waals surface area (Å²) in [5.41, 5.74) is 2.12. The SMILES string of the molecule is CCCc1nc(CNC(=O)C2CCn3nccc3C2)cs1. The average Bonchev–Trinajstić information content (AvgIpc) is 3.13. The van der Waals surface area contributed by atoms with E-state index in [1.54, 1.807) is 17.5 Å². The standard InChI is InChI=1S/C15H20N4OS/c1-2-3-14-18-12(10-21-14)9-16-15(20)11-5-7-19-13(8-11)4-6-17-19/h4,6,10-11H,2-3,5,7-9H2,1H3,(H,16,20). The molecule has 0 radical (unpaired) electrons. The van der Waals surface area contributed by atoms with Crippen LogP contribution >= 0.6 is 11.3 Å². The van der Waals surface area contributed by atoms with Gasteiger partial charge in [0.2, 0.25) is 5.91 Å². The van der Waals surface area contributed by atoms with Crippen LogP contribution in [-0.2, 0) is 30.7 Å². The molecule has 0 fully saturated rings. The van der Waals surface area contributed by atoms with E-state index in [-0.39, 0.29) is 11.8 Å². The molecule has 0 saturated heterocycles. The van der Waals surface area contributed by atoms with Gasteiger partial charge >= 0.3 is 0 Å². The fourth-order valence-electron chi connectivity index (χ4n) is 2.67. The van der Waals surface area contributed by atoms with Gasteiger partial charge in [-0.25, -0.2) is 4.98 Å². The molecule has 2 aromatic rings. The van der Waals surface area contributed by atoms with Gasteiger partial charge in [0.1, 0.15) is 0 Å². The number of aryl methyl sites for hydroxylation is 2. The normalized spacial score (nSPS) is 17.5. The molecule has 3 heterocycles. The van der Waals surface area contributed by atoms with E-state index in [1.165, 1.54) is 0 Å². The summed E-state index contributed by atoms with van der Waals surface area (Å²) in [5.74, 6) is 0.190.